The van der Waals surface area contributed by atoms with Gasteiger partial charge in [-0.05, 0) is 146 Å². The van der Waals surface area contributed by atoms with E-state index in [4.69, 9.17) is 33.3 Å². The third-order valence-electron chi connectivity index (χ3n) is 26.3. The molecular weight excluding hydrogens is 1800 g/mol. The first-order valence-corrected chi connectivity index (χ1v) is 45.2. The van der Waals surface area contributed by atoms with Crippen molar-refractivity contribution in [3.8, 4) is 23.0 Å². The van der Waals surface area contributed by atoms with Crippen LogP contribution in [-0.2, 0) is 141 Å². The van der Waals surface area contributed by atoms with Crippen LogP contribution in [0.4, 0.5) is 46.5 Å². The summed E-state index contributed by atoms with van der Waals surface area (Å²) >= 11 is 0. The average molecular weight is 1900 g/mol. The summed E-state index contributed by atoms with van der Waals surface area (Å²) in [5, 5.41) is 26.9. The molecule has 0 saturated heterocycles. The number of ether oxygens (including phenoxy) is 5. The number of carboxylic acids is 2. The highest BCUT2D eigenvalue weighted by Gasteiger charge is 2.61. The molecule has 7 atom stereocenters. The fourth-order valence-corrected chi connectivity index (χ4v) is 19.3. The normalized spacial score (nSPS) is 17.4. The van der Waals surface area contributed by atoms with Gasteiger partial charge in [-0.2, -0.15) is 9.59 Å². The lowest BCUT2D eigenvalue weighted by Gasteiger charge is -2.41. The van der Waals surface area contributed by atoms with E-state index in [1.165, 1.54) is 36.4 Å². The zero-order valence-electron chi connectivity index (χ0n) is 75.5. The molecule has 0 bridgehead atoms. The second-order valence-electron chi connectivity index (χ2n) is 36.4. The van der Waals surface area contributed by atoms with Gasteiger partial charge in [-0.1, -0.05) is 135 Å². The Morgan fingerprint density at radius 1 is 0.453 bits per heavy atom. The van der Waals surface area contributed by atoms with Gasteiger partial charge in [-0.3, -0.25) is 47.9 Å². The second kappa shape index (κ2) is 41.8. The van der Waals surface area contributed by atoms with Crippen molar-refractivity contribution in [1.82, 2.24) is 16.0 Å². The van der Waals surface area contributed by atoms with Crippen molar-refractivity contribution in [2.24, 2.45) is 29.6 Å². The number of carboxylic acid groups (broad SMARTS) is 2. The summed E-state index contributed by atoms with van der Waals surface area (Å²) in [6.07, 6.45) is 4.94. The van der Waals surface area contributed by atoms with E-state index < -0.39 is 201 Å². The number of fused-ring (bicyclic) bond motifs is 14. The standard InChI is InChI=1S/C54H50F4N2O8.C47H49F4N3O11.CO2.CH4/c1-29(2)40(61)22-30(3)52(64)59-39(23-31-10-5-4-6-11-31)41(62)24-32-14-16-33(17-15-32)28-66-43(63)26-34-18-19-37-42(25-34)67-51-36-13-9-21-60-20-8-7-12-35(50(36)60)27-38(51)54(37)45-44(53(65)68-54)46(55)48(57)49(58)47(45)56;1-21(2)26(19-32(56)29(12-13-34(57)58)52-44(61)22(3)4)45(62)53-30(20-35(59)60)31(55)16-23-10-11-27-33(17-23)64-43-25-9-7-15-54-14-6-5-8-24(42(25)54)18-28(43)47(27)37-36(46(63)65-47)38(48)40(50)41(51)39(37)49;2-1-3;/h4-6,10-11,14-19,25,27,29-30,39H,7-9,12-13,20-24,26,28H2,1-3H3,(H,59,64);10-11,17-18,21-22,26,29-30H,5-9,12-16,19-20H2,1-4H3,(H,52,61)(H,53,62)(H,57,58)(H,59,60);;1H4. The quantitative estimate of drug-likeness (QED) is 0.00917. The number of anilines is 2. The van der Waals surface area contributed by atoms with E-state index in [-0.39, 0.29) is 126 Å². The number of hydrogen-bond acceptors (Lipinski definition) is 21. The molecule has 0 aliphatic carbocycles. The Morgan fingerprint density at radius 2 is 0.905 bits per heavy atom. The van der Waals surface area contributed by atoms with Crippen molar-refractivity contribution >= 4 is 88.2 Å². The van der Waals surface area contributed by atoms with E-state index >= 15 is 26.3 Å². The monoisotopic (exact) mass is 1900 g/mol. The maximum Gasteiger partial charge on any atom is 0.373 e. The molecule has 16 rings (SSSR count). The van der Waals surface area contributed by atoms with E-state index in [0.717, 1.165) is 91.9 Å². The lowest BCUT2D eigenvalue weighted by molar-refractivity contribution is -0.192. The second-order valence-corrected chi connectivity index (χ2v) is 36.4. The van der Waals surface area contributed by atoms with Crippen molar-refractivity contribution in [3.05, 3.63) is 244 Å². The van der Waals surface area contributed by atoms with E-state index in [1.807, 2.05) is 30.3 Å². The number of esters is 3. The van der Waals surface area contributed by atoms with Crippen molar-refractivity contribution in [2.45, 2.75) is 214 Å². The zero-order valence-corrected chi connectivity index (χ0v) is 75.5. The van der Waals surface area contributed by atoms with Crippen LogP contribution in [-0.4, -0.2) is 131 Å². The number of nitrogens with one attached hydrogen (secondary N) is 3. The minimum absolute atomic E-state index is 0. The number of halogens is 8. The number of carbonyl (C=O) groups is 12. The smallest absolute Gasteiger partial charge is 0.373 e. The van der Waals surface area contributed by atoms with Crippen LogP contribution in [0.1, 0.15) is 231 Å². The molecule has 8 aromatic carbocycles. The molecule has 8 aliphatic rings. The van der Waals surface area contributed by atoms with Crippen molar-refractivity contribution in [3.63, 3.8) is 0 Å². The van der Waals surface area contributed by atoms with Crippen LogP contribution in [0, 0.1) is 76.1 Å². The van der Waals surface area contributed by atoms with E-state index in [9.17, 15) is 76.5 Å². The summed E-state index contributed by atoms with van der Waals surface area (Å²) in [6, 6.07) is 24.6. The molecule has 3 amide bonds. The third-order valence-corrected chi connectivity index (χ3v) is 26.3. The molecule has 34 heteroatoms. The van der Waals surface area contributed by atoms with Gasteiger partial charge in [-0.25, -0.2) is 44.7 Å². The highest BCUT2D eigenvalue weighted by molar-refractivity contribution is 6.01. The molecule has 8 aromatic rings. The first-order valence-electron chi connectivity index (χ1n) is 45.2. The Morgan fingerprint density at radius 3 is 1.39 bits per heavy atom. The van der Waals surface area contributed by atoms with Crippen LogP contribution in [0.2, 0.25) is 0 Å². The molecule has 0 saturated carbocycles. The first-order chi connectivity index (χ1) is 64.8. The van der Waals surface area contributed by atoms with Crippen LogP contribution in [0.15, 0.2) is 103 Å². The van der Waals surface area contributed by atoms with Crippen LogP contribution in [0.3, 0.4) is 0 Å². The van der Waals surface area contributed by atoms with Gasteiger partial charge < -0.3 is 59.6 Å². The van der Waals surface area contributed by atoms with Gasteiger partial charge in [0.05, 0.1) is 42.1 Å². The number of benzene rings is 8. The summed E-state index contributed by atoms with van der Waals surface area (Å²) in [7, 11) is 0. The maximum absolute atomic E-state index is 16.3. The molecule has 26 nitrogen and oxygen atoms in total. The fourth-order valence-electron chi connectivity index (χ4n) is 19.3. The first kappa shape index (κ1) is 101. The van der Waals surface area contributed by atoms with E-state index in [2.05, 4.69) is 25.8 Å². The van der Waals surface area contributed by atoms with Gasteiger partial charge in [0.1, 0.15) is 46.5 Å². The topological polar surface area (TPSA) is 368 Å². The molecule has 0 radical (unpaired) electrons. The predicted molar refractivity (Wildman–Crippen MR) is 477 cm³/mol. The Balaban J connectivity index is 0.000000224. The van der Waals surface area contributed by atoms with Gasteiger partial charge in [-0.15, -0.1) is 0 Å². The molecule has 2 spiro atoms. The van der Waals surface area contributed by atoms with E-state index in [1.54, 1.807) is 84.9 Å². The number of amides is 3. The number of Topliss-reactive ketones (excluding diaryl/α,β-unsaturated/α-hetero) is 4. The summed E-state index contributed by atoms with van der Waals surface area (Å²) in [5.74, 6) is -28.0. The molecule has 5 N–H and O–H groups in total. The average Bonchev–Trinajstić information content (AvgIpc) is 1.56. The third kappa shape index (κ3) is 20.1. The van der Waals surface area contributed by atoms with Gasteiger partial charge in [0.25, 0.3) is 0 Å². The Hall–Kier alpha value is -13.8. The van der Waals surface area contributed by atoms with Crippen LogP contribution in [0.25, 0.3) is 0 Å². The van der Waals surface area contributed by atoms with Crippen molar-refractivity contribution in [2.75, 3.05) is 36.0 Å². The number of aryl methyl sites for hydroxylation is 2. The van der Waals surface area contributed by atoms with Crippen LogP contribution >= 0.6 is 0 Å². The molecule has 0 fully saturated rings. The molecular formula is C103H103F8N5O21. The highest BCUT2D eigenvalue weighted by atomic mass is 19.2. The summed E-state index contributed by atoms with van der Waals surface area (Å²) in [4.78, 5) is 178. The highest BCUT2D eigenvalue weighted by Crippen LogP contribution is 2.63. The summed E-state index contributed by atoms with van der Waals surface area (Å²) < 4.78 is 154. The number of ketones is 4. The molecule has 8 aliphatic heterocycles. The molecule has 0 aromatic heterocycles. The number of carbonyl (C=O) groups excluding carboxylic acids is 12. The maximum atomic E-state index is 16.3. The minimum Gasteiger partial charge on any atom is -0.481 e. The van der Waals surface area contributed by atoms with Crippen LogP contribution in [0.5, 0.6) is 23.0 Å². The Kier molecular flexibility index (Phi) is 30.7. The molecule has 8 heterocycles. The van der Waals surface area contributed by atoms with Crippen LogP contribution < -0.4 is 35.2 Å². The predicted octanol–water partition coefficient (Wildman–Crippen LogP) is 15.5. The number of nitrogens with zero attached hydrogens (tertiary/aromatic N) is 2. The Bertz CT molecular complexity index is 6240. The molecule has 7 unspecified atom stereocenters. The number of hydrogen-bond donors (Lipinski definition) is 5. The van der Waals surface area contributed by atoms with Crippen molar-refractivity contribution < 1.29 is 136 Å². The molecule has 722 valence electrons. The van der Waals surface area contributed by atoms with Gasteiger partial charge >= 0.3 is 36.0 Å². The van der Waals surface area contributed by atoms with Gasteiger partial charge in [0, 0.05) is 127 Å². The fraction of sp³-hybridized carbons (Fsp3) is 0.408. The summed E-state index contributed by atoms with van der Waals surface area (Å²) in [6.45, 7) is 14.6. The minimum atomic E-state index is -2.37. The molecule has 137 heavy (non-hydrogen) atoms. The zero-order chi connectivity index (χ0) is 98.0. The Labute approximate surface area is 783 Å². The van der Waals surface area contributed by atoms with Gasteiger partial charge in [0.2, 0.25) is 17.7 Å². The SMILES string of the molecule is C.CC(C)C(=O)CC(C)C(=O)NC(Cc1ccccc1)C(=O)Cc1ccc(COC(=O)Cc2ccc3c(c2)Oc2c(cc4c5c2CCCN5CCCC4)C32OC(=O)c3c(F)c(F)c(F)c(F)c32)cc1.CC(C)C(=O)NC(CCC(=O)O)C(=O)CC(C(=O)NC(CC(=O)O)C(=O)Cc1ccc2c(c1)Oc1c(cc3c4c1CCCN4CCCC3)C21OC(=O)c2c(F)c(F)c(F)c(F)c21)C(C)C.O=C=O. The van der Waals surface area contributed by atoms with Gasteiger partial charge in [0.15, 0.2) is 75.1 Å². The lowest BCUT2D eigenvalue weighted by atomic mass is 9.74. The number of rotatable bonds is 30. The summed E-state index contributed by atoms with van der Waals surface area (Å²) in [5.41, 5.74) is -0.382. The number of aliphatic carboxylic acids is 2. The largest absolute Gasteiger partial charge is 0.481 e. The lowest BCUT2D eigenvalue weighted by Crippen LogP contribution is -2.48. The van der Waals surface area contributed by atoms with E-state index in [0.29, 0.717) is 54.4 Å². The van der Waals surface area contributed by atoms with Crippen molar-refractivity contribution in [1.29, 1.82) is 0 Å².